The number of rotatable bonds is 6. The number of nitrogens with one attached hydrogen (secondary N) is 2. The zero-order valence-corrected chi connectivity index (χ0v) is 14.2. The lowest BCUT2D eigenvalue weighted by Crippen LogP contribution is -2.29. The fourth-order valence-electron chi connectivity index (χ4n) is 2.33. The maximum absolute atomic E-state index is 12.2. The summed E-state index contributed by atoms with van der Waals surface area (Å²) in [4.78, 5) is 34.2. The van der Waals surface area contributed by atoms with E-state index in [0.29, 0.717) is 35.2 Å². The lowest BCUT2D eigenvalue weighted by molar-refractivity contribution is -0.143. The predicted molar refractivity (Wildman–Crippen MR) is 86.4 cm³/mol. The van der Waals surface area contributed by atoms with E-state index >= 15 is 0 Å². The van der Waals surface area contributed by atoms with Crippen LogP contribution in [-0.4, -0.2) is 45.9 Å². The molecule has 1 saturated carbocycles. The van der Waals surface area contributed by atoms with Gasteiger partial charge in [-0.05, 0) is 25.7 Å². The van der Waals surface area contributed by atoms with Crippen LogP contribution in [-0.2, 0) is 14.4 Å². The fourth-order valence-corrected chi connectivity index (χ4v) is 3.96. The van der Waals surface area contributed by atoms with E-state index in [4.69, 9.17) is 5.11 Å². The Bertz CT molecular complexity index is 584. The van der Waals surface area contributed by atoms with E-state index in [1.807, 2.05) is 0 Å². The molecular formula is C13H18N4O4S2. The van der Waals surface area contributed by atoms with Gasteiger partial charge in [0.25, 0.3) is 0 Å². The molecule has 0 atom stereocenters. The Hall–Kier alpha value is -1.68. The molecule has 0 aromatic carbocycles. The highest BCUT2D eigenvalue weighted by atomic mass is 32.2. The molecule has 0 unspecified atom stereocenters. The number of hydrogen-bond acceptors (Lipinski definition) is 7. The highest BCUT2D eigenvalue weighted by Crippen LogP contribution is 2.31. The molecule has 2 rings (SSSR count). The number of aromatic nitrogens is 2. The average molecular weight is 358 g/mol. The Balaban J connectivity index is 1.81. The maximum atomic E-state index is 12.2. The van der Waals surface area contributed by atoms with Crippen LogP contribution in [0.1, 0.15) is 25.7 Å². The van der Waals surface area contributed by atoms with Gasteiger partial charge in [0.1, 0.15) is 0 Å². The molecule has 2 amide bonds. The standard InChI is InChI=1S/C13H18N4O4S2/c1-14-9(18)6-22-13-17-16-12(23-13)15-10(19)7-2-4-8(5-3-7)11(20)21/h7-8H,2-6H2,1H3,(H,14,18)(H,20,21)(H,15,16,19). The molecule has 10 heteroatoms. The molecule has 0 saturated heterocycles. The van der Waals surface area contributed by atoms with E-state index in [-0.39, 0.29) is 29.4 Å². The number of carboxylic acids is 1. The van der Waals surface area contributed by atoms with Crippen LogP contribution in [0.25, 0.3) is 0 Å². The molecule has 1 aromatic rings. The molecule has 8 nitrogen and oxygen atoms in total. The summed E-state index contributed by atoms with van der Waals surface area (Å²) in [6.45, 7) is 0. The van der Waals surface area contributed by atoms with Crippen LogP contribution in [0.15, 0.2) is 4.34 Å². The van der Waals surface area contributed by atoms with Crippen molar-refractivity contribution in [2.24, 2.45) is 11.8 Å². The second-order valence-electron chi connectivity index (χ2n) is 5.21. The van der Waals surface area contributed by atoms with E-state index in [1.54, 1.807) is 7.05 Å². The quantitative estimate of drug-likeness (QED) is 0.516. The van der Waals surface area contributed by atoms with Crippen molar-refractivity contribution in [2.45, 2.75) is 30.0 Å². The van der Waals surface area contributed by atoms with Gasteiger partial charge in [-0.15, -0.1) is 10.2 Å². The number of thioether (sulfide) groups is 1. The first kappa shape index (κ1) is 17.7. The molecule has 1 heterocycles. The van der Waals surface area contributed by atoms with E-state index in [1.165, 1.54) is 23.1 Å². The monoisotopic (exact) mass is 358 g/mol. The fraction of sp³-hybridized carbons (Fsp3) is 0.615. The lowest BCUT2D eigenvalue weighted by atomic mass is 9.81. The second-order valence-corrected chi connectivity index (χ2v) is 7.41. The molecule has 0 spiro atoms. The molecule has 0 aliphatic heterocycles. The van der Waals surface area contributed by atoms with Crippen LogP contribution in [0.4, 0.5) is 5.13 Å². The average Bonchev–Trinajstić information content (AvgIpc) is 3.00. The molecule has 23 heavy (non-hydrogen) atoms. The number of hydrogen-bond donors (Lipinski definition) is 3. The first-order valence-electron chi connectivity index (χ1n) is 7.20. The van der Waals surface area contributed by atoms with Crippen molar-refractivity contribution in [3.05, 3.63) is 0 Å². The maximum Gasteiger partial charge on any atom is 0.306 e. The van der Waals surface area contributed by atoms with Gasteiger partial charge in [-0.2, -0.15) is 0 Å². The molecule has 126 valence electrons. The van der Waals surface area contributed by atoms with E-state index in [2.05, 4.69) is 20.8 Å². The molecule has 0 radical (unpaired) electrons. The Morgan fingerprint density at radius 3 is 2.48 bits per heavy atom. The summed E-state index contributed by atoms with van der Waals surface area (Å²) in [6, 6.07) is 0. The third-order valence-electron chi connectivity index (χ3n) is 3.69. The molecule has 3 N–H and O–H groups in total. The third-order valence-corrected chi connectivity index (χ3v) is 5.66. The number of anilines is 1. The first-order valence-corrected chi connectivity index (χ1v) is 9.00. The van der Waals surface area contributed by atoms with Gasteiger partial charge in [0.05, 0.1) is 11.7 Å². The van der Waals surface area contributed by atoms with Gasteiger partial charge in [-0.3, -0.25) is 14.4 Å². The molecule has 0 bridgehead atoms. The third kappa shape index (κ3) is 5.17. The van der Waals surface area contributed by atoms with Crippen LogP contribution >= 0.6 is 23.1 Å². The van der Waals surface area contributed by atoms with Crippen LogP contribution in [0, 0.1) is 11.8 Å². The summed E-state index contributed by atoms with van der Waals surface area (Å²) in [6.07, 6.45) is 2.19. The predicted octanol–water partition coefficient (Wildman–Crippen LogP) is 1.21. The van der Waals surface area contributed by atoms with Crippen molar-refractivity contribution in [2.75, 3.05) is 18.1 Å². The first-order chi connectivity index (χ1) is 11.0. The Kier molecular flexibility index (Phi) is 6.34. The van der Waals surface area contributed by atoms with Crippen molar-refractivity contribution in [3.8, 4) is 0 Å². The van der Waals surface area contributed by atoms with Crippen LogP contribution in [0.5, 0.6) is 0 Å². The van der Waals surface area contributed by atoms with Crippen molar-refractivity contribution in [1.82, 2.24) is 15.5 Å². The van der Waals surface area contributed by atoms with Gasteiger partial charge < -0.3 is 15.7 Å². The van der Waals surface area contributed by atoms with Crippen LogP contribution in [0.3, 0.4) is 0 Å². The van der Waals surface area contributed by atoms with Gasteiger partial charge in [-0.1, -0.05) is 23.1 Å². The van der Waals surface area contributed by atoms with Crippen LogP contribution in [0.2, 0.25) is 0 Å². The molecule has 1 aliphatic carbocycles. The molecule has 1 aliphatic rings. The summed E-state index contributed by atoms with van der Waals surface area (Å²) in [7, 11) is 1.56. The largest absolute Gasteiger partial charge is 0.481 e. The normalized spacial score (nSPS) is 20.7. The SMILES string of the molecule is CNC(=O)CSc1nnc(NC(=O)C2CCC(C(=O)O)CC2)s1. The second kappa shape index (κ2) is 8.25. The highest BCUT2D eigenvalue weighted by molar-refractivity contribution is 8.01. The Morgan fingerprint density at radius 2 is 1.87 bits per heavy atom. The van der Waals surface area contributed by atoms with E-state index in [0.717, 1.165) is 0 Å². The zero-order valence-electron chi connectivity index (χ0n) is 12.6. The highest BCUT2D eigenvalue weighted by Gasteiger charge is 2.30. The summed E-state index contributed by atoms with van der Waals surface area (Å²) >= 11 is 2.47. The summed E-state index contributed by atoms with van der Waals surface area (Å²) < 4.78 is 0.610. The lowest BCUT2D eigenvalue weighted by Gasteiger charge is -2.24. The minimum atomic E-state index is -0.786. The van der Waals surface area contributed by atoms with E-state index in [9.17, 15) is 14.4 Å². The van der Waals surface area contributed by atoms with Gasteiger partial charge in [-0.25, -0.2) is 0 Å². The minimum absolute atomic E-state index is 0.106. The Labute approximate surface area is 141 Å². The van der Waals surface area contributed by atoms with Gasteiger partial charge in [0, 0.05) is 13.0 Å². The van der Waals surface area contributed by atoms with Gasteiger partial charge >= 0.3 is 5.97 Å². The number of nitrogens with zero attached hydrogens (tertiary/aromatic N) is 2. The summed E-state index contributed by atoms with van der Waals surface area (Å²) in [5, 5.41) is 22.4. The summed E-state index contributed by atoms with van der Waals surface area (Å²) in [5.41, 5.74) is 0. The number of carboxylic acid groups (broad SMARTS) is 1. The topological polar surface area (TPSA) is 121 Å². The van der Waals surface area contributed by atoms with Crippen molar-refractivity contribution >= 4 is 46.0 Å². The van der Waals surface area contributed by atoms with Gasteiger partial charge in [0.2, 0.25) is 16.9 Å². The number of aliphatic carboxylic acids is 1. The van der Waals surface area contributed by atoms with Crippen molar-refractivity contribution in [3.63, 3.8) is 0 Å². The molecule has 1 aromatic heterocycles. The van der Waals surface area contributed by atoms with E-state index < -0.39 is 5.97 Å². The van der Waals surface area contributed by atoms with Crippen molar-refractivity contribution < 1.29 is 19.5 Å². The molecule has 1 fully saturated rings. The Morgan fingerprint density at radius 1 is 1.22 bits per heavy atom. The number of carbonyl (C=O) groups excluding carboxylic acids is 2. The number of amides is 2. The minimum Gasteiger partial charge on any atom is -0.481 e. The van der Waals surface area contributed by atoms with Crippen molar-refractivity contribution in [1.29, 1.82) is 0 Å². The summed E-state index contributed by atoms with van der Waals surface area (Å²) in [5.74, 6) is -1.31. The van der Waals surface area contributed by atoms with Crippen LogP contribution < -0.4 is 10.6 Å². The zero-order chi connectivity index (χ0) is 16.8. The molecular weight excluding hydrogens is 340 g/mol. The smallest absolute Gasteiger partial charge is 0.306 e. The number of carbonyl (C=O) groups is 3. The van der Waals surface area contributed by atoms with Gasteiger partial charge in [0.15, 0.2) is 4.34 Å².